The van der Waals surface area contributed by atoms with E-state index in [4.69, 9.17) is 28.9 Å². The van der Waals surface area contributed by atoms with Gasteiger partial charge in [-0.1, -0.05) is 42.3 Å². The Labute approximate surface area is 210 Å². The fourth-order valence-corrected chi connectivity index (χ4v) is 5.63. The molecule has 2 aromatic rings. The van der Waals surface area contributed by atoms with Crippen LogP contribution in [0.25, 0.3) is 0 Å². The van der Waals surface area contributed by atoms with Crippen LogP contribution in [0.2, 0.25) is 10.2 Å². The molecule has 3 N–H and O–H groups in total. The van der Waals surface area contributed by atoms with Crippen LogP contribution in [-0.4, -0.2) is 82.2 Å². The molecule has 4 rings (SSSR count). The first-order chi connectivity index (χ1) is 16.4. The predicted molar refractivity (Wildman–Crippen MR) is 134 cm³/mol. The molecule has 34 heavy (non-hydrogen) atoms. The van der Waals surface area contributed by atoms with Crippen LogP contribution in [0.4, 0.5) is 5.82 Å². The van der Waals surface area contributed by atoms with Gasteiger partial charge in [0.15, 0.2) is 11.0 Å². The van der Waals surface area contributed by atoms with Gasteiger partial charge >= 0.3 is 0 Å². The van der Waals surface area contributed by atoms with Gasteiger partial charge < -0.3 is 15.7 Å². The zero-order valence-electron chi connectivity index (χ0n) is 19.4. The molecular weight excluding hydrogens is 475 g/mol. The van der Waals surface area contributed by atoms with Gasteiger partial charge in [-0.05, 0) is 37.0 Å². The highest BCUT2D eigenvalue weighted by atomic mass is 35.5. The maximum Gasteiger partial charge on any atom is 0.268 e. The van der Waals surface area contributed by atoms with Gasteiger partial charge in [0, 0.05) is 49.8 Å². The Morgan fingerprint density at radius 1 is 1.18 bits per heavy atom. The van der Waals surface area contributed by atoms with Crippen molar-refractivity contribution in [1.29, 1.82) is 0 Å². The predicted octanol–water partition coefficient (Wildman–Crippen LogP) is 2.98. The summed E-state index contributed by atoms with van der Waals surface area (Å²) in [6, 6.07) is 8.67. The largest absolute Gasteiger partial charge is 0.394 e. The number of likely N-dealkylation sites (tertiary alicyclic amines) is 1. The van der Waals surface area contributed by atoms with Gasteiger partial charge in [-0.25, -0.2) is 9.97 Å². The minimum Gasteiger partial charge on any atom is -0.394 e. The van der Waals surface area contributed by atoms with E-state index in [0.29, 0.717) is 22.9 Å². The second-order valence-electron chi connectivity index (χ2n) is 9.00. The third-order valence-electron chi connectivity index (χ3n) is 7.10. The molecule has 2 aliphatic rings. The summed E-state index contributed by atoms with van der Waals surface area (Å²) in [5, 5.41) is 11.0. The normalized spacial score (nSPS) is 21.5. The zero-order chi connectivity index (χ0) is 24.2. The number of aliphatic hydroxyl groups excluding tert-OH is 1. The van der Waals surface area contributed by atoms with Crippen LogP contribution >= 0.6 is 23.2 Å². The van der Waals surface area contributed by atoms with Crippen molar-refractivity contribution in [1.82, 2.24) is 19.8 Å². The standard InChI is InChI=1S/C24H32Cl2N6O2/c1-2-18-14-31(24-22(26)29-20(13-28-24)23(27)34)11-12-32(18)19-7-9-30(10-8-19)21(15-33)16-3-5-17(25)6-4-16/h3-6,13,18-19,21,33H,2,7-12,14-15H2,1H3,(H2,27,34)/t18-,21+/m0/s1. The summed E-state index contributed by atoms with van der Waals surface area (Å²) in [4.78, 5) is 27.0. The number of nitrogens with two attached hydrogens (primary N) is 1. The average Bonchev–Trinajstić information content (AvgIpc) is 2.85. The molecule has 2 fully saturated rings. The van der Waals surface area contributed by atoms with Crippen LogP contribution in [0.15, 0.2) is 30.5 Å². The lowest BCUT2D eigenvalue weighted by Gasteiger charge is -2.48. The molecule has 0 unspecified atom stereocenters. The van der Waals surface area contributed by atoms with Crippen molar-refractivity contribution in [3.63, 3.8) is 0 Å². The molecule has 0 radical (unpaired) electrons. The Morgan fingerprint density at radius 3 is 2.47 bits per heavy atom. The third-order valence-corrected chi connectivity index (χ3v) is 7.61. The fourth-order valence-electron chi connectivity index (χ4n) is 5.24. The van der Waals surface area contributed by atoms with E-state index in [1.54, 1.807) is 0 Å². The van der Waals surface area contributed by atoms with E-state index in [9.17, 15) is 9.90 Å². The number of aromatic nitrogens is 2. The molecule has 3 heterocycles. The minimum atomic E-state index is -0.636. The van der Waals surface area contributed by atoms with E-state index < -0.39 is 5.91 Å². The number of piperidine rings is 1. The molecule has 0 spiro atoms. The van der Waals surface area contributed by atoms with E-state index in [-0.39, 0.29) is 23.5 Å². The van der Waals surface area contributed by atoms with Gasteiger partial charge in [0.1, 0.15) is 5.69 Å². The van der Waals surface area contributed by atoms with Crippen molar-refractivity contribution < 1.29 is 9.90 Å². The van der Waals surface area contributed by atoms with Gasteiger partial charge in [-0.15, -0.1) is 0 Å². The van der Waals surface area contributed by atoms with E-state index in [1.165, 1.54) is 6.20 Å². The molecule has 1 amide bonds. The molecule has 184 valence electrons. The van der Waals surface area contributed by atoms with Crippen LogP contribution < -0.4 is 10.6 Å². The van der Waals surface area contributed by atoms with Crippen molar-refractivity contribution in [2.45, 2.75) is 44.3 Å². The van der Waals surface area contributed by atoms with Crippen molar-refractivity contribution in [3.8, 4) is 0 Å². The number of rotatable bonds is 7. The van der Waals surface area contributed by atoms with Crippen LogP contribution in [0.5, 0.6) is 0 Å². The maximum atomic E-state index is 11.4. The lowest BCUT2D eigenvalue weighted by atomic mass is 9.96. The summed E-state index contributed by atoms with van der Waals surface area (Å²) in [7, 11) is 0. The van der Waals surface area contributed by atoms with Crippen molar-refractivity contribution in [2.75, 3.05) is 44.2 Å². The molecule has 2 saturated heterocycles. The monoisotopic (exact) mass is 506 g/mol. The van der Waals surface area contributed by atoms with Crippen molar-refractivity contribution >= 4 is 34.9 Å². The smallest absolute Gasteiger partial charge is 0.268 e. The number of benzene rings is 1. The maximum absolute atomic E-state index is 11.4. The number of hydrogen-bond acceptors (Lipinski definition) is 7. The fraction of sp³-hybridized carbons (Fsp3) is 0.542. The number of nitrogens with zero attached hydrogens (tertiary/aromatic N) is 5. The van der Waals surface area contributed by atoms with E-state index in [1.807, 2.05) is 24.3 Å². The molecule has 8 nitrogen and oxygen atoms in total. The van der Waals surface area contributed by atoms with Crippen LogP contribution in [-0.2, 0) is 0 Å². The lowest BCUT2D eigenvalue weighted by molar-refractivity contribution is 0.0356. The Bertz CT molecular complexity index is 984. The third kappa shape index (κ3) is 5.47. The first-order valence-corrected chi connectivity index (χ1v) is 12.6. The first-order valence-electron chi connectivity index (χ1n) is 11.8. The van der Waals surface area contributed by atoms with E-state index in [0.717, 1.165) is 57.5 Å². The molecule has 10 heteroatoms. The highest BCUT2D eigenvalue weighted by Gasteiger charge is 2.35. The van der Waals surface area contributed by atoms with Crippen LogP contribution in [0.3, 0.4) is 0 Å². The molecule has 0 aliphatic carbocycles. The SMILES string of the molecule is CC[C@H]1CN(c2ncc(C(N)=O)nc2Cl)CCN1C1CCN([C@H](CO)c2ccc(Cl)cc2)CC1. The number of primary amides is 1. The zero-order valence-corrected chi connectivity index (χ0v) is 20.9. The number of amides is 1. The minimum absolute atomic E-state index is 0.00104. The summed E-state index contributed by atoms with van der Waals surface area (Å²) in [5.41, 5.74) is 6.47. The van der Waals surface area contributed by atoms with Gasteiger partial charge in [0.2, 0.25) is 0 Å². The second kappa shape index (κ2) is 11.2. The van der Waals surface area contributed by atoms with Crippen molar-refractivity contribution in [3.05, 3.63) is 51.9 Å². The summed E-state index contributed by atoms with van der Waals surface area (Å²) >= 11 is 12.4. The summed E-state index contributed by atoms with van der Waals surface area (Å²) < 4.78 is 0. The van der Waals surface area contributed by atoms with E-state index in [2.05, 4.69) is 31.6 Å². The van der Waals surface area contributed by atoms with Gasteiger partial charge in [0.05, 0.1) is 18.8 Å². The number of hydrogen-bond donors (Lipinski definition) is 2. The van der Waals surface area contributed by atoms with Gasteiger partial charge in [-0.2, -0.15) is 0 Å². The number of halogens is 2. The highest BCUT2D eigenvalue weighted by molar-refractivity contribution is 6.32. The van der Waals surface area contributed by atoms with Crippen LogP contribution in [0.1, 0.15) is 48.3 Å². The molecule has 2 atom stereocenters. The van der Waals surface area contributed by atoms with Gasteiger partial charge in [-0.3, -0.25) is 14.6 Å². The molecule has 0 bridgehead atoms. The topological polar surface area (TPSA) is 98.8 Å². The summed E-state index contributed by atoms with van der Waals surface area (Å²) in [6.45, 7) is 6.72. The number of aliphatic hydroxyl groups is 1. The number of carbonyl (C=O) groups is 1. The Balaban J connectivity index is 1.37. The molecule has 1 aromatic carbocycles. The number of carbonyl (C=O) groups excluding carboxylic acids is 1. The number of anilines is 1. The van der Waals surface area contributed by atoms with Gasteiger partial charge in [0.25, 0.3) is 5.91 Å². The summed E-state index contributed by atoms with van der Waals surface area (Å²) in [5.74, 6) is -0.0311. The Kier molecular flexibility index (Phi) is 8.26. The highest BCUT2D eigenvalue weighted by Crippen LogP contribution is 2.31. The van der Waals surface area contributed by atoms with E-state index >= 15 is 0 Å². The Hall–Kier alpha value is -1.97. The molecule has 0 saturated carbocycles. The average molecular weight is 507 g/mol. The summed E-state index contributed by atoms with van der Waals surface area (Å²) in [6.07, 6.45) is 4.54. The molecular formula is C24H32Cl2N6O2. The van der Waals surface area contributed by atoms with Crippen molar-refractivity contribution in [2.24, 2.45) is 5.73 Å². The first kappa shape index (κ1) is 25.1. The lowest BCUT2D eigenvalue weighted by Crippen LogP contribution is -2.58. The quantitative estimate of drug-likeness (QED) is 0.595. The molecule has 2 aliphatic heterocycles. The Morgan fingerprint density at radius 2 is 1.88 bits per heavy atom. The molecule has 1 aromatic heterocycles. The number of piperazine rings is 1. The second-order valence-corrected chi connectivity index (χ2v) is 9.79. The van der Waals surface area contributed by atoms with Crippen LogP contribution in [0, 0.1) is 0 Å².